The smallest absolute Gasteiger partial charge is 0.337 e. The van der Waals surface area contributed by atoms with Crippen LogP contribution in [0.3, 0.4) is 0 Å². The lowest BCUT2D eigenvalue weighted by Gasteiger charge is -2.37. The van der Waals surface area contributed by atoms with Gasteiger partial charge in [-0.3, -0.25) is 10.2 Å². The van der Waals surface area contributed by atoms with Gasteiger partial charge in [-0.15, -0.1) is 0 Å². The molecule has 0 saturated heterocycles. The highest BCUT2D eigenvalue weighted by atomic mass is 16.5. The summed E-state index contributed by atoms with van der Waals surface area (Å²) in [7, 11) is 1.34. The van der Waals surface area contributed by atoms with Crippen molar-refractivity contribution >= 4 is 24.3 Å². The predicted molar refractivity (Wildman–Crippen MR) is 124 cm³/mol. The fraction of sp³-hybridized carbons (Fsp3) is 0.520. The molecule has 1 amide bonds. The van der Waals surface area contributed by atoms with Crippen LogP contribution in [0.2, 0.25) is 0 Å². The monoisotopic (exact) mass is 436 g/mol. The first-order chi connectivity index (χ1) is 15.5. The van der Waals surface area contributed by atoms with Gasteiger partial charge in [-0.2, -0.15) is 10.2 Å². The number of fused-ring (bicyclic) bond motifs is 2. The largest absolute Gasteiger partial charge is 0.465 e. The highest BCUT2D eigenvalue weighted by Gasteiger charge is 2.48. The van der Waals surface area contributed by atoms with Crippen molar-refractivity contribution in [2.24, 2.45) is 33.4 Å². The van der Waals surface area contributed by atoms with Crippen molar-refractivity contribution in [3.8, 4) is 0 Å². The van der Waals surface area contributed by atoms with Crippen molar-refractivity contribution in [3.63, 3.8) is 0 Å². The number of amides is 1. The van der Waals surface area contributed by atoms with Gasteiger partial charge >= 0.3 is 5.97 Å². The number of ether oxygens (including phenoxy) is 1. The Morgan fingerprint density at radius 2 is 1.88 bits per heavy atom. The van der Waals surface area contributed by atoms with E-state index in [0.717, 1.165) is 23.3 Å². The molecule has 3 saturated carbocycles. The summed E-state index contributed by atoms with van der Waals surface area (Å²) in [6.07, 6.45) is 14.5. The van der Waals surface area contributed by atoms with Crippen LogP contribution in [0.25, 0.3) is 0 Å². The molecular formula is C25H32N4O3. The van der Waals surface area contributed by atoms with E-state index in [0.29, 0.717) is 11.3 Å². The highest BCUT2D eigenvalue weighted by molar-refractivity contribution is 5.94. The molecule has 4 unspecified atom stereocenters. The Morgan fingerprint density at radius 1 is 1.09 bits per heavy atom. The molecule has 32 heavy (non-hydrogen) atoms. The van der Waals surface area contributed by atoms with Crippen molar-refractivity contribution < 1.29 is 14.3 Å². The molecule has 7 heteroatoms. The predicted octanol–water partition coefficient (Wildman–Crippen LogP) is 4.01. The molecule has 3 bridgehead atoms. The molecule has 0 aromatic heterocycles. The normalized spacial score (nSPS) is 29.3. The number of methoxy groups -OCH3 is 1. The van der Waals surface area contributed by atoms with Crippen molar-refractivity contribution in [1.82, 2.24) is 10.9 Å². The van der Waals surface area contributed by atoms with Gasteiger partial charge in [0.05, 0.1) is 18.9 Å². The van der Waals surface area contributed by atoms with E-state index in [4.69, 9.17) is 0 Å². The molecule has 3 aliphatic carbocycles. The zero-order chi connectivity index (χ0) is 22.6. The molecule has 3 fully saturated rings. The van der Waals surface area contributed by atoms with Crippen molar-refractivity contribution in [1.29, 1.82) is 0 Å². The lowest BCUT2D eigenvalue weighted by Crippen LogP contribution is -2.32. The van der Waals surface area contributed by atoms with Gasteiger partial charge in [0.25, 0.3) is 5.91 Å². The van der Waals surface area contributed by atoms with Crippen LogP contribution in [-0.4, -0.2) is 31.4 Å². The maximum absolute atomic E-state index is 12.5. The third-order valence-electron chi connectivity index (χ3n) is 7.32. The van der Waals surface area contributed by atoms with Crippen LogP contribution in [-0.2, 0) is 9.53 Å². The summed E-state index contributed by atoms with van der Waals surface area (Å²) in [5.74, 6) is 1.90. The minimum Gasteiger partial charge on any atom is -0.465 e. The second-order valence-electron chi connectivity index (χ2n) is 9.41. The molecule has 3 aliphatic rings. The lowest BCUT2D eigenvalue weighted by molar-refractivity contribution is -0.117. The Bertz CT molecular complexity index is 937. The zero-order valence-corrected chi connectivity index (χ0v) is 18.8. The SMILES string of the molecule is C/C=C(\N/N=C/C12CCCC3CC(CC3C1)C2)C(=O)N/N=C/c1ccc(C(=O)OC)cc1. The van der Waals surface area contributed by atoms with Crippen LogP contribution in [0.5, 0.6) is 0 Å². The summed E-state index contributed by atoms with van der Waals surface area (Å²) < 4.78 is 4.68. The Labute approximate surface area is 189 Å². The molecule has 0 radical (unpaired) electrons. The number of nitrogens with one attached hydrogen (secondary N) is 2. The average molecular weight is 437 g/mol. The Balaban J connectivity index is 1.30. The van der Waals surface area contributed by atoms with E-state index in [9.17, 15) is 9.59 Å². The van der Waals surface area contributed by atoms with Gasteiger partial charge in [0.15, 0.2) is 0 Å². The third kappa shape index (κ3) is 4.92. The molecule has 0 aliphatic heterocycles. The van der Waals surface area contributed by atoms with Crippen LogP contribution >= 0.6 is 0 Å². The van der Waals surface area contributed by atoms with Gasteiger partial charge in [0.1, 0.15) is 5.70 Å². The van der Waals surface area contributed by atoms with Gasteiger partial charge in [-0.05, 0) is 74.5 Å². The topological polar surface area (TPSA) is 92.1 Å². The Morgan fingerprint density at radius 3 is 2.62 bits per heavy atom. The summed E-state index contributed by atoms with van der Waals surface area (Å²) >= 11 is 0. The standard InChI is InChI=1S/C25H32N4O3/c1-3-22(23(30)29-26-15-17-6-8-19(9-7-17)24(31)32-2)28-27-16-25-10-4-5-20-11-18(13-25)12-21(20)14-25/h3,6-9,15-16,18,20-21,28H,4-5,10-14H2,1-2H3,(H,29,30)/b22-3-,26-15+,27-16+. The molecule has 2 N–H and O–H groups in total. The van der Waals surface area contributed by atoms with Crippen LogP contribution in [0.4, 0.5) is 0 Å². The minimum atomic E-state index is -0.393. The van der Waals surface area contributed by atoms with E-state index >= 15 is 0 Å². The van der Waals surface area contributed by atoms with E-state index in [1.807, 2.05) is 0 Å². The molecule has 7 nitrogen and oxygen atoms in total. The number of nitrogens with zero attached hydrogens (tertiary/aromatic N) is 2. The summed E-state index contributed by atoms with van der Waals surface area (Å²) in [6, 6.07) is 6.76. The number of hydrogen-bond donors (Lipinski definition) is 2. The van der Waals surface area contributed by atoms with Gasteiger partial charge in [0, 0.05) is 11.6 Å². The second-order valence-corrected chi connectivity index (χ2v) is 9.41. The zero-order valence-electron chi connectivity index (χ0n) is 18.8. The van der Waals surface area contributed by atoms with Gasteiger partial charge in [0.2, 0.25) is 0 Å². The van der Waals surface area contributed by atoms with E-state index in [2.05, 4.69) is 32.0 Å². The van der Waals surface area contributed by atoms with Crippen LogP contribution in [0.1, 0.15) is 67.8 Å². The van der Waals surface area contributed by atoms with Crippen LogP contribution in [0, 0.1) is 23.2 Å². The van der Waals surface area contributed by atoms with Crippen LogP contribution < -0.4 is 10.9 Å². The number of carbonyl (C=O) groups is 2. The first-order valence-corrected chi connectivity index (χ1v) is 11.5. The summed E-state index contributed by atoms with van der Waals surface area (Å²) in [5, 5.41) is 8.50. The number of rotatable bonds is 7. The van der Waals surface area contributed by atoms with E-state index in [-0.39, 0.29) is 11.3 Å². The van der Waals surface area contributed by atoms with Gasteiger partial charge in [-0.1, -0.05) is 31.1 Å². The molecule has 1 aromatic rings. The maximum Gasteiger partial charge on any atom is 0.337 e. The summed E-state index contributed by atoms with van der Waals surface area (Å²) in [6.45, 7) is 1.79. The van der Waals surface area contributed by atoms with Crippen molar-refractivity contribution in [3.05, 3.63) is 47.2 Å². The molecule has 4 atom stereocenters. The van der Waals surface area contributed by atoms with E-state index in [1.54, 1.807) is 37.3 Å². The number of carbonyl (C=O) groups excluding carboxylic acids is 2. The number of esters is 1. The van der Waals surface area contributed by atoms with Crippen molar-refractivity contribution in [2.75, 3.05) is 7.11 Å². The Hall–Kier alpha value is -2.96. The van der Waals surface area contributed by atoms with Gasteiger partial charge < -0.3 is 4.74 Å². The van der Waals surface area contributed by atoms with E-state index in [1.165, 1.54) is 58.3 Å². The summed E-state index contributed by atoms with van der Waals surface area (Å²) in [4.78, 5) is 23.9. The third-order valence-corrected chi connectivity index (χ3v) is 7.32. The quantitative estimate of drug-likeness (QED) is 0.292. The summed E-state index contributed by atoms with van der Waals surface area (Å²) in [5.41, 5.74) is 7.22. The molecular weight excluding hydrogens is 404 g/mol. The molecule has 170 valence electrons. The second kappa shape index (κ2) is 9.67. The number of hydrazone groups is 2. The van der Waals surface area contributed by atoms with E-state index < -0.39 is 5.97 Å². The number of hydrogen-bond acceptors (Lipinski definition) is 6. The molecule has 0 spiro atoms. The molecule has 1 aromatic carbocycles. The first kappa shape index (κ1) is 22.2. The highest BCUT2D eigenvalue weighted by Crippen LogP contribution is 2.58. The average Bonchev–Trinajstić information content (AvgIpc) is 3.02. The fourth-order valence-corrected chi connectivity index (χ4v) is 5.91. The van der Waals surface area contributed by atoms with Crippen LogP contribution in [0.15, 0.2) is 46.2 Å². The number of benzene rings is 1. The fourth-order valence-electron chi connectivity index (χ4n) is 5.91. The minimum absolute atomic E-state index is 0.190. The maximum atomic E-state index is 12.5. The molecule has 0 heterocycles. The molecule has 4 rings (SSSR count). The van der Waals surface area contributed by atoms with Gasteiger partial charge in [-0.25, -0.2) is 10.2 Å². The van der Waals surface area contributed by atoms with Crippen molar-refractivity contribution in [2.45, 2.75) is 51.9 Å². The Kier molecular flexibility index (Phi) is 6.72. The number of allylic oxidation sites excluding steroid dienone is 1. The first-order valence-electron chi connectivity index (χ1n) is 11.5. The lowest BCUT2D eigenvalue weighted by atomic mass is 9.68.